The Morgan fingerprint density at radius 2 is 1.83 bits per heavy atom. The van der Waals surface area contributed by atoms with Crippen LogP contribution in [0.15, 0.2) is 33.5 Å². The Labute approximate surface area is 141 Å². The van der Waals surface area contributed by atoms with Crippen molar-refractivity contribution in [1.82, 2.24) is 4.90 Å². The first kappa shape index (κ1) is 16.6. The quantitative estimate of drug-likeness (QED) is 0.811. The van der Waals surface area contributed by atoms with Gasteiger partial charge in [-0.05, 0) is 37.5 Å². The standard InChI is InChI=1S/C19H23NO4/c1-14-11-19(22)24-17-12-15(7-8-16(14)17)23-13-18(21)20-9-5-3-2-4-6-10-20/h7-8,11-12H,2-6,9-10,13H2,1H3. The molecule has 1 aromatic carbocycles. The lowest BCUT2D eigenvalue weighted by atomic mass is 10.1. The van der Waals surface area contributed by atoms with Crippen molar-refractivity contribution in [2.24, 2.45) is 0 Å². The number of hydrogen-bond acceptors (Lipinski definition) is 4. The Kier molecular flexibility index (Phi) is 5.18. The molecule has 1 aromatic heterocycles. The monoisotopic (exact) mass is 329 g/mol. The second-order valence-electron chi connectivity index (χ2n) is 6.34. The maximum atomic E-state index is 12.3. The summed E-state index contributed by atoms with van der Waals surface area (Å²) in [6, 6.07) is 6.79. The predicted octanol–water partition coefficient (Wildman–Crippen LogP) is 3.27. The third-order valence-electron chi connectivity index (χ3n) is 4.49. The van der Waals surface area contributed by atoms with E-state index in [1.807, 2.05) is 17.9 Å². The Morgan fingerprint density at radius 3 is 2.58 bits per heavy atom. The molecule has 0 radical (unpaired) electrons. The van der Waals surface area contributed by atoms with E-state index in [0.717, 1.165) is 36.9 Å². The van der Waals surface area contributed by atoms with Gasteiger partial charge in [-0.25, -0.2) is 4.79 Å². The van der Waals surface area contributed by atoms with Crippen molar-refractivity contribution in [2.75, 3.05) is 19.7 Å². The highest BCUT2D eigenvalue weighted by Gasteiger charge is 2.15. The van der Waals surface area contributed by atoms with E-state index in [1.54, 1.807) is 12.1 Å². The number of carbonyl (C=O) groups is 1. The summed E-state index contributed by atoms with van der Waals surface area (Å²) < 4.78 is 10.8. The van der Waals surface area contributed by atoms with Gasteiger partial charge in [0, 0.05) is 30.6 Å². The van der Waals surface area contributed by atoms with Crippen LogP contribution in [-0.4, -0.2) is 30.5 Å². The van der Waals surface area contributed by atoms with Gasteiger partial charge < -0.3 is 14.1 Å². The summed E-state index contributed by atoms with van der Waals surface area (Å²) in [7, 11) is 0. The van der Waals surface area contributed by atoms with Crippen molar-refractivity contribution in [2.45, 2.75) is 39.0 Å². The zero-order chi connectivity index (χ0) is 16.9. The average Bonchev–Trinajstić information content (AvgIpc) is 2.51. The number of hydrogen-bond donors (Lipinski definition) is 0. The molecule has 24 heavy (non-hydrogen) atoms. The number of likely N-dealkylation sites (tertiary alicyclic amines) is 1. The van der Waals surface area contributed by atoms with Crippen molar-refractivity contribution in [3.63, 3.8) is 0 Å². The minimum absolute atomic E-state index is 0.0154. The summed E-state index contributed by atoms with van der Waals surface area (Å²) in [5.41, 5.74) is 0.967. The highest BCUT2D eigenvalue weighted by atomic mass is 16.5. The fourth-order valence-corrected chi connectivity index (χ4v) is 3.13. The SMILES string of the molecule is Cc1cc(=O)oc2cc(OCC(=O)N3CCCCCCC3)ccc12. The Morgan fingerprint density at radius 1 is 1.12 bits per heavy atom. The van der Waals surface area contributed by atoms with E-state index in [0.29, 0.717) is 11.3 Å². The van der Waals surface area contributed by atoms with Crippen molar-refractivity contribution < 1.29 is 13.9 Å². The smallest absolute Gasteiger partial charge is 0.336 e. The van der Waals surface area contributed by atoms with Crippen LogP contribution in [0.1, 0.15) is 37.7 Å². The van der Waals surface area contributed by atoms with Crippen LogP contribution >= 0.6 is 0 Å². The van der Waals surface area contributed by atoms with Gasteiger partial charge in [0.25, 0.3) is 5.91 Å². The molecule has 0 N–H and O–H groups in total. The number of fused-ring (bicyclic) bond motifs is 1. The molecule has 128 valence electrons. The van der Waals surface area contributed by atoms with E-state index in [-0.39, 0.29) is 18.1 Å². The Hall–Kier alpha value is -2.30. The average molecular weight is 329 g/mol. The summed E-state index contributed by atoms with van der Waals surface area (Å²) in [6.45, 7) is 3.51. The Balaban J connectivity index is 1.66. The fraction of sp³-hybridized carbons (Fsp3) is 0.474. The van der Waals surface area contributed by atoms with Gasteiger partial charge in [0.15, 0.2) is 6.61 Å². The van der Waals surface area contributed by atoms with Crippen LogP contribution in [-0.2, 0) is 4.79 Å². The van der Waals surface area contributed by atoms with E-state index in [9.17, 15) is 9.59 Å². The maximum absolute atomic E-state index is 12.3. The molecular formula is C19H23NO4. The van der Waals surface area contributed by atoms with E-state index in [2.05, 4.69) is 0 Å². The van der Waals surface area contributed by atoms with E-state index < -0.39 is 0 Å². The summed E-state index contributed by atoms with van der Waals surface area (Å²) >= 11 is 0. The predicted molar refractivity (Wildman–Crippen MR) is 92.4 cm³/mol. The number of benzene rings is 1. The van der Waals surface area contributed by atoms with E-state index in [1.165, 1.54) is 25.3 Å². The molecule has 1 aliphatic rings. The summed E-state index contributed by atoms with van der Waals surface area (Å²) in [4.78, 5) is 25.7. The first-order valence-electron chi connectivity index (χ1n) is 8.58. The lowest BCUT2D eigenvalue weighted by molar-refractivity contribution is -0.133. The molecule has 0 atom stereocenters. The minimum atomic E-state index is -0.381. The molecule has 0 bridgehead atoms. The zero-order valence-electron chi connectivity index (χ0n) is 14.0. The van der Waals surface area contributed by atoms with Crippen LogP contribution in [0.25, 0.3) is 11.0 Å². The minimum Gasteiger partial charge on any atom is -0.484 e. The van der Waals surface area contributed by atoms with Gasteiger partial charge in [0.1, 0.15) is 11.3 Å². The topological polar surface area (TPSA) is 59.8 Å². The van der Waals surface area contributed by atoms with Crippen molar-refractivity contribution in [3.05, 3.63) is 40.2 Å². The van der Waals surface area contributed by atoms with Gasteiger partial charge in [0.05, 0.1) is 0 Å². The highest BCUT2D eigenvalue weighted by Crippen LogP contribution is 2.22. The number of ether oxygens (including phenoxy) is 1. The largest absolute Gasteiger partial charge is 0.484 e. The van der Waals surface area contributed by atoms with Gasteiger partial charge >= 0.3 is 5.63 Å². The summed E-state index contributed by atoms with van der Waals surface area (Å²) in [5, 5.41) is 0.872. The van der Waals surface area contributed by atoms with Gasteiger partial charge in [-0.15, -0.1) is 0 Å². The molecule has 0 unspecified atom stereocenters. The van der Waals surface area contributed by atoms with Gasteiger partial charge in [-0.1, -0.05) is 19.3 Å². The van der Waals surface area contributed by atoms with Crippen LogP contribution in [0.2, 0.25) is 0 Å². The first-order chi connectivity index (χ1) is 11.6. The maximum Gasteiger partial charge on any atom is 0.336 e. The Bertz CT molecular complexity index is 773. The molecule has 1 saturated heterocycles. The molecule has 0 aliphatic carbocycles. The van der Waals surface area contributed by atoms with Crippen LogP contribution in [0, 0.1) is 6.92 Å². The molecule has 5 nitrogen and oxygen atoms in total. The van der Waals surface area contributed by atoms with Crippen LogP contribution < -0.4 is 10.4 Å². The highest BCUT2D eigenvalue weighted by molar-refractivity contribution is 5.81. The van der Waals surface area contributed by atoms with Gasteiger partial charge in [-0.3, -0.25) is 4.79 Å². The third kappa shape index (κ3) is 3.96. The second kappa shape index (κ2) is 7.51. The second-order valence-corrected chi connectivity index (χ2v) is 6.34. The number of nitrogens with zero attached hydrogens (tertiary/aromatic N) is 1. The number of carbonyl (C=O) groups excluding carboxylic acids is 1. The molecule has 0 saturated carbocycles. The van der Waals surface area contributed by atoms with Crippen LogP contribution in [0.5, 0.6) is 5.75 Å². The lowest BCUT2D eigenvalue weighted by Gasteiger charge is -2.24. The zero-order valence-corrected chi connectivity index (χ0v) is 14.0. The van der Waals surface area contributed by atoms with Crippen LogP contribution in [0.3, 0.4) is 0 Å². The number of rotatable bonds is 3. The molecule has 1 amide bonds. The number of amides is 1. The van der Waals surface area contributed by atoms with Crippen molar-refractivity contribution >= 4 is 16.9 Å². The molecule has 1 fully saturated rings. The summed E-state index contributed by atoms with van der Waals surface area (Å²) in [6.07, 6.45) is 5.76. The fourth-order valence-electron chi connectivity index (χ4n) is 3.13. The normalized spacial score (nSPS) is 15.8. The molecule has 2 heterocycles. The van der Waals surface area contributed by atoms with Crippen molar-refractivity contribution in [3.8, 4) is 5.75 Å². The number of aryl methyl sites for hydroxylation is 1. The van der Waals surface area contributed by atoms with Gasteiger partial charge in [-0.2, -0.15) is 0 Å². The molecule has 1 aliphatic heterocycles. The molecular weight excluding hydrogens is 306 g/mol. The third-order valence-corrected chi connectivity index (χ3v) is 4.49. The van der Waals surface area contributed by atoms with Crippen molar-refractivity contribution in [1.29, 1.82) is 0 Å². The lowest BCUT2D eigenvalue weighted by Crippen LogP contribution is -2.37. The van der Waals surface area contributed by atoms with E-state index >= 15 is 0 Å². The molecule has 5 heteroatoms. The van der Waals surface area contributed by atoms with Crippen LogP contribution in [0.4, 0.5) is 0 Å². The summed E-state index contributed by atoms with van der Waals surface area (Å²) in [5.74, 6) is 0.555. The first-order valence-corrected chi connectivity index (χ1v) is 8.58. The van der Waals surface area contributed by atoms with E-state index in [4.69, 9.17) is 9.15 Å². The molecule has 3 rings (SSSR count). The van der Waals surface area contributed by atoms with Gasteiger partial charge in [0.2, 0.25) is 0 Å². The molecule has 2 aromatic rings. The molecule has 0 spiro atoms.